The third-order valence-electron chi connectivity index (χ3n) is 5.59. The van der Waals surface area contributed by atoms with E-state index in [1.165, 1.54) is 27.9 Å². The van der Waals surface area contributed by atoms with E-state index in [9.17, 15) is 0 Å². The fraction of sp³-hybridized carbons (Fsp3) is 0.143. The molecule has 2 nitrogen and oxygen atoms in total. The standard InChI is InChI=1S/C28H28N2/c1-20-18-21(2)27(22(3)19-20)29-28(24-14-9-6-10-15-24)26-17-11-16-25(30(26)4)23-12-7-5-8-13-23/h5-19,28-29H,4H2,1-3H3. The van der Waals surface area contributed by atoms with E-state index < -0.39 is 0 Å². The van der Waals surface area contributed by atoms with Crippen LogP contribution in [0.15, 0.2) is 91.0 Å². The summed E-state index contributed by atoms with van der Waals surface area (Å²) in [6, 6.07) is 31.8. The molecule has 1 atom stereocenters. The van der Waals surface area contributed by atoms with E-state index in [2.05, 4.69) is 123 Å². The maximum atomic E-state index is 4.42. The second-order valence-corrected chi connectivity index (χ2v) is 7.89. The molecule has 1 aromatic heterocycles. The zero-order chi connectivity index (χ0) is 21.1. The fourth-order valence-corrected chi connectivity index (χ4v) is 4.20. The molecule has 1 unspecified atom stereocenters. The lowest BCUT2D eigenvalue weighted by atomic mass is 9.98. The van der Waals surface area contributed by atoms with Crippen molar-refractivity contribution in [2.24, 2.45) is 0 Å². The number of hydrogen-bond donors (Lipinski definition) is 1. The van der Waals surface area contributed by atoms with Crippen molar-refractivity contribution in [3.8, 4) is 11.3 Å². The summed E-state index contributed by atoms with van der Waals surface area (Å²) in [7, 11) is 4.42. The Bertz CT molecular complexity index is 1120. The van der Waals surface area contributed by atoms with Gasteiger partial charge in [-0.3, -0.25) is 0 Å². The topological polar surface area (TPSA) is 15.9 Å². The second-order valence-electron chi connectivity index (χ2n) is 7.89. The van der Waals surface area contributed by atoms with Gasteiger partial charge in [0.05, 0.1) is 6.04 Å². The van der Waals surface area contributed by atoms with Gasteiger partial charge in [-0.1, -0.05) is 90.5 Å². The summed E-state index contributed by atoms with van der Waals surface area (Å²) in [5.74, 6) is 0. The largest absolute Gasteiger partial charge is 0.379 e. The molecule has 2 heteroatoms. The van der Waals surface area contributed by atoms with Gasteiger partial charge >= 0.3 is 0 Å². The molecule has 4 rings (SSSR count). The molecule has 30 heavy (non-hydrogen) atoms. The van der Waals surface area contributed by atoms with Crippen molar-refractivity contribution in [1.29, 1.82) is 0 Å². The number of anilines is 1. The van der Waals surface area contributed by atoms with Crippen molar-refractivity contribution < 1.29 is 4.57 Å². The zero-order valence-electron chi connectivity index (χ0n) is 17.9. The van der Waals surface area contributed by atoms with Crippen LogP contribution in [0.5, 0.6) is 0 Å². The SMILES string of the molecule is [CH2-][n+]1c(-c2ccccc2)cccc1C(Nc1c(C)cc(C)cc1C)c1ccccc1. The second kappa shape index (κ2) is 8.46. The van der Waals surface area contributed by atoms with Gasteiger partial charge in [0.25, 0.3) is 0 Å². The first-order valence-electron chi connectivity index (χ1n) is 10.3. The monoisotopic (exact) mass is 392 g/mol. The molecular formula is C28H28N2. The number of nitrogens with one attached hydrogen (secondary N) is 1. The molecule has 0 fully saturated rings. The Morgan fingerprint density at radius 2 is 1.33 bits per heavy atom. The number of nitrogens with zero attached hydrogens (tertiary/aromatic N) is 1. The third-order valence-corrected chi connectivity index (χ3v) is 5.59. The molecule has 0 aliphatic heterocycles. The van der Waals surface area contributed by atoms with E-state index in [-0.39, 0.29) is 6.04 Å². The van der Waals surface area contributed by atoms with E-state index in [0.29, 0.717) is 0 Å². The Hall–Kier alpha value is -3.52. The predicted octanol–water partition coefficient (Wildman–Crippen LogP) is 6.41. The van der Waals surface area contributed by atoms with Gasteiger partial charge in [-0.05, 0) is 49.1 Å². The van der Waals surface area contributed by atoms with E-state index in [4.69, 9.17) is 0 Å². The molecule has 0 radical (unpaired) electrons. The normalized spacial score (nSPS) is 11.8. The van der Waals surface area contributed by atoms with Crippen LogP contribution in [0.1, 0.15) is 34.0 Å². The molecule has 4 aromatic rings. The first kappa shape index (κ1) is 19.8. The van der Waals surface area contributed by atoms with Crippen molar-refractivity contribution >= 4 is 5.69 Å². The molecule has 150 valence electrons. The molecule has 0 bridgehead atoms. The smallest absolute Gasteiger partial charge is 0.112 e. The first-order chi connectivity index (χ1) is 14.5. The molecule has 3 aromatic carbocycles. The highest BCUT2D eigenvalue weighted by Crippen LogP contribution is 2.30. The number of aromatic nitrogens is 1. The number of benzene rings is 3. The van der Waals surface area contributed by atoms with Gasteiger partial charge < -0.3 is 9.88 Å². The minimum absolute atomic E-state index is 0.0209. The van der Waals surface area contributed by atoms with E-state index in [1.807, 2.05) is 6.07 Å². The summed E-state index contributed by atoms with van der Waals surface area (Å²) in [5, 5.41) is 3.83. The van der Waals surface area contributed by atoms with Gasteiger partial charge in [0.1, 0.15) is 11.4 Å². The van der Waals surface area contributed by atoms with Crippen LogP contribution in [0.3, 0.4) is 0 Å². The zero-order valence-corrected chi connectivity index (χ0v) is 17.9. The number of aryl methyl sites for hydroxylation is 3. The number of hydrogen-bond acceptors (Lipinski definition) is 1. The minimum Gasteiger partial charge on any atom is -0.379 e. The molecule has 0 amide bonds. The summed E-state index contributed by atoms with van der Waals surface area (Å²) in [6.45, 7) is 6.48. The average Bonchev–Trinajstić information content (AvgIpc) is 2.75. The van der Waals surface area contributed by atoms with Crippen molar-refractivity contribution in [3.63, 3.8) is 0 Å². The quantitative estimate of drug-likeness (QED) is 0.307. The third kappa shape index (κ3) is 3.95. The van der Waals surface area contributed by atoms with Crippen molar-refractivity contribution in [2.75, 3.05) is 5.32 Å². The Morgan fingerprint density at radius 3 is 1.97 bits per heavy atom. The Morgan fingerprint density at radius 1 is 0.733 bits per heavy atom. The van der Waals surface area contributed by atoms with Crippen molar-refractivity contribution in [3.05, 3.63) is 126 Å². The Balaban J connectivity index is 1.85. The molecule has 0 aliphatic carbocycles. The van der Waals surface area contributed by atoms with Crippen molar-refractivity contribution in [2.45, 2.75) is 26.8 Å². The summed E-state index contributed by atoms with van der Waals surface area (Å²) < 4.78 is 2.05. The maximum Gasteiger partial charge on any atom is 0.112 e. The van der Waals surface area contributed by atoms with Gasteiger partial charge in [-0.15, -0.1) is 0 Å². The lowest BCUT2D eigenvalue weighted by Gasteiger charge is -2.26. The number of rotatable bonds is 5. The van der Waals surface area contributed by atoms with Crippen LogP contribution < -0.4 is 9.88 Å². The summed E-state index contributed by atoms with van der Waals surface area (Å²) in [6.07, 6.45) is 0. The highest BCUT2D eigenvalue weighted by atomic mass is 15.0. The van der Waals surface area contributed by atoms with Crippen LogP contribution in [0.4, 0.5) is 5.69 Å². The highest BCUT2D eigenvalue weighted by Gasteiger charge is 2.20. The molecule has 0 saturated carbocycles. The lowest BCUT2D eigenvalue weighted by molar-refractivity contribution is -0.610. The van der Waals surface area contributed by atoms with Gasteiger partial charge in [-0.25, -0.2) is 0 Å². The van der Waals surface area contributed by atoms with E-state index in [1.54, 1.807) is 0 Å². The summed E-state index contributed by atoms with van der Waals surface area (Å²) in [4.78, 5) is 0. The minimum atomic E-state index is -0.0209. The van der Waals surface area contributed by atoms with Gasteiger partial charge in [-0.2, -0.15) is 0 Å². The van der Waals surface area contributed by atoms with Crippen LogP contribution >= 0.6 is 0 Å². The molecule has 0 saturated heterocycles. The lowest BCUT2D eigenvalue weighted by Crippen LogP contribution is -2.37. The van der Waals surface area contributed by atoms with Crippen LogP contribution in [0, 0.1) is 27.8 Å². The molecule has 0 spiro atoms. The average molecular weight is 393 g/mol. The highest BCUT2D eigenvalue weighted by molar-refractivity contribution is 5.61. The fourth-order valence-electron chi connectivity index (χ4n) is 4.20. The van der Waals surface area contributed by atoms with Crippen LogP contribution in [0.25, 0.3) is 11.3 Å². The van der Waals surface area contributed by atoms with Crippen LogP contribution in [-0.2, 0) is 0 Å². The molecular weight excluding hydrogens is 364 g/mol. The van der Waals surface area contributed by atoms with Gasteiger partial charge in [0.15, 0.2) is 0 Å². The first-order valence-corrected chi connectivity index (χ1v) is 10.3. The molecule has 1 N–H and O–H groups in total. The van der Waals surface area contributed by atoms with Crippen molar-refractivity contribution in [1.82, 2.24) is 0 Å². The van der Waals surface area contributed by atoms with E-state index in [0.717, 1.165) is 17.0 Å². The van der Waals surface area contributed by atoms with Crippen LogP contribution in [-0.4, -0.2) is 0 Å². The van der Waals surface area contributed by atoms with E-state index >= 15 is 0 Å². The van der Waals surface area contributed by atoms with Crippen LogP contribution in [0.2, 0.25) is 0 Å². The molecule has 0 aliphatic rings. The Kier molecular flexibility index (Phi) is 5.58. The maximum absolute atomic E-state index is 4.42. The summed E-state index contributed by atoms with van der Waals surface area (Å²) in [5.41, 5.74) is 9.54. The van der Waals surface area contributed by atoms with Gasteiger partial charge in [0, 0.05) is 12.7 Å². The summed E-state index contributed by atoms with van der Waals surface area (Å²) >= 11 is 0. The van der Waals surface area contributed by atoms with Gasteiger partial charge in [0.2, 0.25) is 0 Å². The number of pyridine rings is 1. The predicted molar refractivity (Wildman–Crippen MR) is 125 cm³/mol. The Labute approximate surface area is 179 Å². The molecule has 1 heterocycles.